The van der Waals surface area contributed by atoms with E-state index in [0.29, 0.717) is 0 Å². The van der Waals surface area contributed by atoms with E-state index >= 15 is 0 Å². The second-order valence-electron chi connectivity index (χ2n) is 7.62. The Morgan fingerprint density at radius 3 is 1.55 bits per heavy atom. The van der Waals surface area contributed by atoms with Gasteiger partial charge in [0.2, 0.25) is 0 Å². The Labute approximate surface area is 243 Å². The van der Waals surface area contributed by atoms with E-state index in [2.05, 4.69) is 38.4 Å². The predicted octanol–water partition coefficient (Wildman–Crippen LogP) is 9.68. The Morgan fingerprint density at radius 2 is 1.03 bits per heavy atom. The van der Waals surface area contributed by atoms with Gasteiger partial charge in [-0.25, -0.2) is 17.6 Å². The molecule has 0 fully saturated rings. The van der Waals surface area contributed by atoms with Gasteiger partial charge in [-0.3, -0.25) is 9.97 Å². The standard InChI is InChI=1S/C22H16N4.C6F4I2/c1-2-4-20(5-3-1)25-26-22-16-19(17-8-12-23-13-9-17)6-7-21(22)18-10-14-24-15-11-18;7-1-2(8)6(12)4(10)3(9)5(1)11/h1-16H;. The number of pyridine rings is 2. The van der Waals surface area contributed by atoms with E-state index in [9.17, 15) is 17.6 Å². The SMILES string of the molecule is Fc1c(F)c(I)c(F)c(F)c1I.c1ccc(N=Nc2cc(-c3ccncc3)ccc2-c2ccncc2)cc1. The molecule has 2 heterocycles. The minimum atomic E-state index is -1.35. The summed E-state index contributed by atoms with van der Waals surface area (Å²) in [5, 5.41) is 8.92. The highest BCUT2D eigenvalue weighted by atomic mass is 127. The molecule has 190 valence electrons. The van der Waals surface area contributed by atoms with Crippen molar-refractivity contribution in [3.05, 3.63) is 128 Å². The number of azo groups is 1. The molecule has 38 heavy (non-hydrogen) atoms. The zero-order chi connectivity index (χ0) is 27.1. The van der Waals surface area contributed by atoms with E-state index < -0.39 is 30.4 Å². The number of hydrogen-bond acceptors (Lipinski definition) is 4. The van der Waals surface area contributed by atoms with Crippen LogP contribution in [0, 0.1) is 30.4 Å². The average Bonchev–Trinajstić information content (AvgIpc) is 2.98. The molecule has 4 nitrogen and oxygen atoms in total. The molecule has 0 aliphatic carbocycles. The lowest BCUT2D eigenvalue weighted by Crippen LogP contribution is -2.02. The first-order valence-corrected chi connectivity index (χ1v) is 13.1. The number of rotatable bonds is 4. The molecule has 2 aromatic heterocycles. The molecule has 0 amide bonds. The van der Waals surface area contributed by atoms with E-state index in [0.717, 1.165) is 33.6 Å². The maximum Gasteiger partial charge on any atom is 0.176 e. The van der Waals surface area contributed by atoms with Crippen LogP contribution in [0.4, 0.5) is 28.9 Å². The lowest BCUT2D eigenvalue weighted by molar-refractivity contribution is 0.437. The maximum absolute atomic E-state index is 12.6. The van der Waals surface area contributed by atoms with Gasteiger partial charge in [0.1, 0.15) is 0 Å². The molecule has 0 saturated carbocycles. The predicted molar refractivity (Wildman–Crippen MR) is 155 cm³/mol. The molecule has 0 unspecified atom stereocenters. The third-order valence-corrected chi connectivity index (χ3v) is 7.08. The van der Waals surface area contributed by atoms with Crippen LogP contribution in [0.1, 0.15) is 0 Å². The Morgan fingerprint density at radius 1 is 0.526 bits per heavy atom. The summed E-state index contributed by atoms with van der Waals surface area (Å²) >= 11 is 2.41. The van der Waals surface area contributed by atoms with Crippen molar-refractivity contribution in [2.24, 2.45) is 10.2 Å². The van der Waals surface area contributed by atoms with Crippen LogP contribution in [-0.2, 0) is 0 Å². The molecule has 10 heteroatoms. The zero-order valence-corrected chi connectivity index (χ0v) is 23.6. The molecule has 5 aromatic rings. The second kappa shape index (κ2) is 13.0. The Kier molecular flexibility index (Phi) is 9.50. The summed E-state index contributed by atoms with van der Waals surface area (Å²) in [7, 11) is 0. The first-order valence-electron chi connectivity index (χ1n) is 11.0. The molecule has 0 atom stereocenters. The van der Waals surface area contributed by atoms with Crippen LogP contribution in [0.5, 0.6) is 0 Å². The Bertz CT molecular complexity index is 1460. The third kappa shape index (κ3) is 6.59. The van der Waals surface area contributed by atoms with Crippen molar-refractivity contribution in [1.82, 2.24) is 9.97 Å². The minimum Gasteiger partial charge on any atom is -0.265 e. The maximum atomic E-state index is 12.6. The molecular formula is C28H16F4I2N4. The summed E-state index contributed by atoms with van der Waals surface area (Å²) in [4.78, 5) is 8.18. The van der Waals surface area contributed by atoms with Crippen molar-refractivity contribution >= 4 is 56.6 Å². The van der Waals surface area contributed by atoms with Gasteiger partial charge < -0.3 is 0 Å². The number of halogens is 6. The lowest BCUT2D eigenvalue weighted by atomic mass is 9.99. The van der Waals surface area contributed by atoms with Crippen molar-refractivity contribution < 1.29 is 17.6 Å². The number of benzene rings is 3. The van der Waals surface area contributed by atoms with E-state index in [1.54, 1.807) is 24.8 Å². The van der Waals surface area contributed by atoms with Gasteiger partial charge in [0.25, 0.3) is 0 Å². The van der Waals surface area contributed by atoms with Gasteiger partial charge in [0, 0.05) is 30.4 Å². The van der Waals surface area contributed by atoms with Crippen LogP contribution in [0.3, 0.4) is 0 Å². The first-order chi connectivity index (χ1) is 18.4. The molecule has 0 N–H and O–H groups in total. The van der Waals surface area contributed by atoms with Gasteiger partial charge in [-0.15, -0.1) is 5.11 Å². The molecule has 0 saturated heterocycles. The van der Waals surface area contributed by atoms with Gasteiger partial charge in [0.15, 0.2) is 23.3 Å². The highest BCUT2D eigenvalue weighted by Gasteiger charge is 2.21. The fourth-order valence-electron chi connectivity index (χ4n) is 3.30. The van der Waals surface area contributed by atoms with Crippen molar-refractivity contribution in [2.45, 2.75) is 0 Å². The highest BCUT2D eigenvalue weighted by Crippen LogP contribution is 2.35. The van der Waals surface area contributed by atoms with Gasteiger partial charge >= 0.3 is 0 Å². The quantitative estimate of drug-likeness (QED) is 0.0607. The summed E-state index contributed by atoms with van der Waals surface area (Å²) in [6, 6.07) is 23.9. The average molecular weight is 738 g/mol. The van der Waals surface area contributed by atoms with Crippen molar-refractivity contribution in [1.29, 1.82) is 0 Å². The smallest absolute Gasteiger partial charge is 0.176 e. The molecule has 5 rings (SSSR count). The van der Waals surface area contributed by atoms with Crippen LogP contribution >= 0.6 is 45.2 Å². The Balaban J connectivity index is 0.000000236. The van der Waals surface area contributed by atoms with Crippen LogP contribution in [0.2, 0.25) is 0 Å². The van der Waals surface area contributed by atoms with Crippen LogP contribution in [0.25, 0.3) is 22.3 Å². The first kappa shape index (κ1) is 27.8. The summed E-state index contributed by atoms with van der Waals surface area (Å²) in [5.41, 5.74) is 5.88. The van der Waals surface area contributed by atoms with Crippen LogP contribution in [-0.4, -0.2) is 9.97 Å². The van der Waals surface area contributed by atoms with Crippen LogP contribution in [0.15, 0.2) is 108 Å². The number of hydrogen-bond donors (Lipinski definition) is 0. The van der Waals surface area contributed by atoms with E-state index in [1.165, 1.54) is 45.2 Å². The number of nitrogens with zero attached hydrogens (tertiary/aromatic N) is 4. The molecular weight excluding hydrogens is 722 g/mol. The summed E-state index contributed by atoms with van der Waals surface area (Å²) < 4.78 is 49.2. The van der Waals surface area contributed by atoms with E-state index in [-0.39, 0.29) is 0 Å². The molecule has 0 aliphatic heterocycles. The normalized spacial score (nSPS) is 10.8. The summed E-state index contributed by atoms with van der Waals surface area (Å²) in [6.45, 7) is 0. The number of aromatic nitrogens is 2. The molecule has 0 bridgehead atoms. The highest BCUT2D eigenvalue weighted by molar-refractivity contribution is 14.1. The van der Waals surface area contributed by atoms with Gasteiger partial charge in [-0.05, 0) is 104 Å². The van der Waals surface area contributed by atoms with Crippen molar-refractivity contribution in [3.8, 4) is 22.3 Å². The van der Waals surface area contributed by atoms with Crippen molar-refractivity contribution in [3.63, 3.8) is 0 Å². The Hall–Kier alpha value is -3.26. The van der Waals surface area contributed by atoms with Crippen molar-refractivity contribution in [2.75, 3.05) is 0 Å². The van der Waals surface area contributed by atoms with E-state index in [4.69, 9.17) is 0 Å². The zero-order valence-electron chi connectivity index (χ0n) is 19.3. The lowest BCUT2D eigenvalue weighted by Gasteiger charge is -2.08. The fourth-order valence-corrected chi connectivity index (χ4v) is 4.25. The molecule has 0 radical (unpaired) electrons. The minimum absolute atomic E-state index is 0.664. The fraction of sp³-hybridized carbons (Fsp3) is 0. The monoisotopic (exact) mass is 738 g/mol. The van der Waals surface area contributed by atoms with Gasteiger partial charge in [-0.1, -0.05) is 30.3 Å². The van der Waals surface area contributed by atoms with E-state index in [1.807, 2.05) is 54.6 Å². The largest absolute Gasteiger partial charge is 0.265 e. The van der Waals surface area contributed by atoms with Crippen LogP contribution < -0.4 is 0 Å². The van der Waals surface area contributed by atoms with Gasteiger partial charge in [-0.2, -0.15) is 5.11 Å². The molecule has 0 spiro atoms. The second-order valence-corrected chi connectivity index (χ2v) is 9.78. The topological polar surface area (TPSA) is 50.5 Å². The van der Waals surface area contributed by atoms with Gasteiger partial charge in [0.05, 0.1) is 18.5 Å². The summed E-state index contributed by atoms with van der Waals surface area (Å²) in [5.74, 6) is -5.39. The molecule has 3 aromatic carbocycles. The summed E-state index contributed by atoms with van der Waals surface area (Å²) in [6.07, 6.45) is 7.14. The molecule has 0 aliphatic rings. The third-order valence-electron chi connectivity index (χ3n) is 5.19.